The first-order valence-electron chi connectivity index (χ1n) is 4.96. The van der Waals surface area contributed by atoms with Crippen LogP contribution in [0.2, 0.25) is 5.22 Å². The minimum atomic E-state index is 0.256. The molecule has 2 aromatic heterocycles. The first-order chi connectivity index (χ1) is 7.66. The lowest BCUT2D eigenvalue weighted by Crippen LogP contribution is -2.21. The summed E-state index contributed by atoms with van der Waals surface area (Å²) in [4.78, 5) is 0. The Kier molecular flexibility index (Phi) is 3.26. The van der Waals surface area contributed by atoms with Crippen molar-refractivity contribution < 1.29 is 8.83 Å². The number of halogens is 1. The van der Waals surface area contributed by atoms with Gasteiger partial charge in [0.2, 0.25) is 11.1 Å². The first-order valence-corrected chi connectivity index (χ1v) is 5.33. The largest absolute Gasteiger partial charge is 0.452 e. The zero-order chi connectivity index (χ0) is 11.5. The van der Waals surface area contributed by atoms with Gasteiger partial charge in [0.1, 0.15) is 0 Å². The van der Waals surface area contributed by atoms with Gasteiger partial charge in [0, 0.05) is 6.04 Å². The van der Waals surface area contributed by atoms with Crippen LogP contribution in [0.5, 0.6) is 0 Å². The van der Waals surface area contributed by atoms with E-state index in [4.69, 9.17) is 20.4 Å². The number of aromatic nitrogens is 2. The molecule has 0 radical (unpaired) electrons. The highest BCUT2D eigenvalue weighted by molar-refractivity contribution is 6.31. The quantitative estimate of drug-likeness (QED) is 0.891. The molecule has 0 aliphatic carbocycles. The molecule has 2 aromatic rings. The fraction of sp³-hybridized carbons (Fsp3) is 0.400. The molecule has 0 unspecified atom stereocenters. The van der Waals surface area contributed by atoms with Gasteiger partial charge in [0.25, 0.3) is 5.89 Å². The summed E-state index contributed by atoms with van der Waals surface area (Å²) in [5, 5.41) is 11.2. The Bertz CT molecular complexity index is 464. The van der Waals surface area contributed by atoms with E-state index in [0.717, 1.165) is 0 Å². The number of nitrogens with one attached hydrogen (secondary N) is 1. The van der Waals surface area contributed by atoms with Gasteiger partial charge in [0.15, 0.2) is 0 Å². The van der Waals surface area contributed by atoms with Crippen molar-refractivity contribution in [1.82, 2.24) is 15.5 Å². The molecule has 0 fully saturated rings. The molecule has 0 atom stereocenters. The van der Waals surface area contributed by atoms with Crippen LogP contribution in [0.1, 0.15) is 19.7 Å². The molecule has 1 N–H and O–H groups in total. The third kappa shape index (κ3) is 2.43. The van der Waals surface area contributed by atoms with E-state index >= 15 is 0 Å². The number of hydrogen-bond donors (Lipinski definition) is 1. The summed E-state index contributed by atoms with van der Waals surface area (Å²) in [6.07, 6.45) is 1.48. The van der Waals surface area contributed by atoms with Gasteiger partial charge in [-0.3, -0.25) is 0 Å². The van der Waals surface area contributed by atoms with Gasteiger partial charge < -0.3 is 14.2 Å². The molecule has 0 aliphatic heterocycles. The standard InChI is InChI=1S/C10H12ClN3O2/c1-6(2)12-5-8-13-14-10(16-8)7-3-4-15-9(7)11/h3-4,6,12H,5H2,1-2H3. The van der Waals surface area contributed by atoms with E-state index in [2.05, 4.69) is 15.5 Å². The molecule has 0 aliphatic rings. The van der Waals surface area contributed by atoms with Gasteiger partial charge >= 0.3 is 0 Å². The molecule has 0 amide bonds. The Morgan fingerprint density at radius 2 is 2.25 bits per heavy atom. The van der Waals surface area contributed by atoms with E-state index in [9.17, 15) is 0 Å². The number of nitrogens with zero attached hydrogens (tertiary/aromatic N) is 2. The zero-order valence-corrected chi connectivity index (χ0v) is 9.78. The fourth-order valence-corrected chi connectivity index (χ4v) is 1.37. The second-order valence-corrected chi connectivity index (χ2v) is 3.99. The normalized spacial score (nSPS) is 11.2. The highest BCUT2D eigenvalue weighted by atomic mass is 35.5. The smallest absolute Gasteiger partial charge is 0.252 e. The molecular weight excluding hydrogens is 230 g/mol. The fourth-order valence-electron chi connectivity index (χ4n) is 1.17. The molecule has 86 valence electrons. The van der Waals surface area contributed by atoms with E-state index in [0.29, 0.717) is 29.9 Å². The Hall–Kier alpha value is -1.33. The van der Waals surface area contributed by atoms with Crippen molar-refractivity contribution in [1.29, 1.82) is 0 Å². The summed E-state index contributed by atoms with van der Waals surface area (Å²) in [5.74, 6) is 0.903. The van der Waals surface area contributed by atoms with Crippen LogP contribution in [-0.4, -0.2) is 16.2 Å². The van der Waals surface area contributed by atoms with Crippen LogP contribution in [0.3, 0.4) is 0 Å². The van der Waals surface area contributed by atoms with Crippen molar-refractivity contribution in [2.75, 3.05) is 0 Å². The summed E-state index contributed by atoms with van der Waals surface area (Å²) >= 11 is 5.80. The van der Waals surface area contributed by atoms with E-state index < -0.39 is 0 Å². The number of furan rings is 1. The van der Waals surface area contributed by atoms with Crippen LogP contribution in [0.25, 0.3) is 11.5 Å². The molecule has 16 heavy (non-hydrogen) atoms. The van der Waals surface area contributed by atoms with E-state index in [1.807, 2.05) is 13.8 Å². The van der Waals surface area contributed by atoms with E-state index in [1.165, 1.54) is 6.26 Å². The highest BCUT2D eigenvalue weighted by Crippen LogP contribution is 2.27. The van der Waals surface area contributed by atoms with Gasteiger partial charge in [-0.05, 0) is 17.7 Å². The number of hydrogen-bond acceptors (Lipinski definition) is 5. The maximum absolute atomic E-state index is 5.80. The van der Waals surface area contributed by atoms with Crippen LogP contribution in [0.15, 0.2) is 21.2 Å². The minimum absolute atomic E-state index is 0.256. The topological polar surface area (TPSA) is 64.1 Å². The molecule has 5 nitrogen and oxygen atoms in total. The van der Waals surface area contributed by atoms with Crippen molar-refractivity contribution in [3.05, 3.63) is 23.4 Å². The predicted octanol–water partition coefficient (Wildman–Crippen LogP) is 2.48. The average Bonchev–Trinajstić information content (AvgIpc) is 2.83. The van der Waals surface area contributed by atoms with Gasteiger partial charge in [-0.15, -0.1) is 10.2 Å². The molecular formula is C10H12ClN3O2. The maximum atomic E-state index is 5.80. The van der Waals surface area contributed by atoms with Crippen LogP contribution >= 0.6 is 11.6 Å². The lowest BCUT2D eigenvalue weighted by molar-refractivity contribution is 0.458. The lowest BCUT2D eigenvalue weighted by atomic mass is 10.3. The highest BCUT2D eigenvalue weighted by Gasteiger charge is 2.13. The summed E-state index contributed by atoms with van der Waals surface area (Å²) in [6.45, 7) is 4.63. The molecule has 0 spiro atoms. The number of rotatable bonds is 4. The van der Waals surface area contributed by atoms with Crippen molar-refractivity contribution in [2.24, 2.45) is 0 Å². The third-order valence-corrected chi connectivity index (χ3v) is 2.27. The SMILES string of the molecule is CC(C)NCc1nnc(-c2ccoc2Cl)o1. The van der Waals surface area contributed by atoms with Crippen molar-refractivity contribution >= 4 is 11.6 Å². The van der Waals surface area contributed by atoms with Gasteiger partial charge in [-0.1, -0.05) is 13.8 Å². The third-order valence-electron chi connectivity index (χ3n) is 1.98. The summed E-state index contributed by atoms with van der Waals surface area (Å²) < 4.78 is 10.4. The monoisotopic (exact) mass is 241 g/mol. The van der Waals surface area contributed by atoms with Gasteiger partial charge in [-0.25, -0.2) is 0 Å². The van der Waals surface area contributed by atoms with Crippen molar-refractivity contribution in [3.8, 4) is 11.5 Å². The molecule has 6 heteroatoms. The Labute approximate surface area is 97.8 Å². The van der Waals surface area contributed by atoms with Gasteiger partial charge in [0.05, 0.1) is 18.4 Å². The first kappa shape index (κ1) is 11.2. The Balaban J connectivity index is 2.11. The van der Waals surface area contributed by atoms with E-state index in [-0.39, 0.29) is 5.22 Å². The van der Waals surface area contributed by atoms with Crippen molar-refractivity contribution in [2.45, 2.75) is 26.4 Å². The Morgan fingerprint density at radius 1 is 1.44 bits per heavy atom. The molecule has 2 rings (SSSR count). The van der Waals surface area contributed by atoms with E-state index in [1.54, 1.807) is 6.07 Å². The van der Waals surface area contributed by atoms with Gasteiger partial charge in [-0.2, -0.15) is 0 Å². The predicted molar refractivity (Wildman–Crippen MR) is 59.0 cm³/mol. The van der Waals surface area contributed by atoms with Crippen LogP contribution in [0.4, 0.5) is 0 Å². The molecule has 0 saturated carbocycles. The van der Waals surface area contributed by atoms with Crippen LogP contribution in [-0.2, 0) is 6.54 Å². The lowest BCUT2D eigenvalue weighted by Gasteiger charge is -2.03. The summed E-state index contributed by atoms with van der Waals surface area (Å²) in [6, 6.07) is 2.06. The van der Waals surface area contributed by atoms with Crippen molar-refractivity contribution in [3.63, 3.8) is 0 Å². The van der Waals surface area contributed by atoms with Crippen LogP contribution < -0.4 is 5.32 Å². The second-order valence-electron chi connectivity index (χ2n) is 3.64. The minimum Gasteiger partial charge on any atom is -0.452 e. The molecule has 0 aromatic carbocycles. The maximum Gasteiger partial charge on any atom is 0.252 e. The molecule has 2 heterocycles. The molecule has 0 bridgehead atoms. The van der Waals surface area contributed by atoms with Crippen LogP contribution in [0, 0.1) is 0 Å². The zero-order valence-electron chi connectivity index (χ0n) is 9.03. The second kappa shape index (κ2) is 4.67. The summed E-state index contributed by atoms with van der Waals surface area (Å²) in [7, 11) is 0. The Morgan fingerprint density at radius 3 is 2.88 bits per heavy atom. The average molecular weight is 242 g/mol. The molecule has 0 saturated heterocycles. The summed E-state index contributed by atoms with van der Waals surface area (Å²) in [5.41, 5.74) is 0.616.